The molecular weight excluding hydrogens is 1320 g/mol. The van der Waals surface area contributed by atoms with Gasteiger partial charge >= 0.3 is 11.9 Å². The first-order valence-corrected chi connectivity index (χ1v) is 33.8. The van der Waals surface area contributed by atoms with Crippen LogP contribution in [-0.4, -0.2) is 218 Å². The number of nitrogens with one attached hydrogen (secondary N) is 11. The minimum absolute atomic E-state index is 0.00591. The van der Waals surface area contributed by atoms with E-state index in [4.69, 9.17) is 28.7 Å². The van der Waals surface area contributed by atoms with Crippen molar-refractivity contribution in [3.05, 3.63) is 54.1 Å². The lowest BCUT2D eigenvalue weighted by molar-refractivity contribution is -0.146. The average molecular weight is 1420 g/mol. The fourth-order valence-corrected chi connectivity index (χ4v) is 10.9. The third kappa shape index (κ3) is 29.9. The van der Waals surface area contributed by atoms with E-state index < -0.39 is 187 Å². The minimum Gasteiger partial charge on any atom is -0.481 e. The van der Waals surface area contributed by atoms with Crippen LogP contribution in [0.15, 0.2) is 47.8 Å². The number of aliphatic imine (C=N–C) groups is 1. The molecule has 0 bridgehead atoms. The first-order valence-electron chi connectivity index (χ1n) is 33.8. The number of hydrogen-bond acceptors (Lipinski definition) is 19. The van der Waals surface area contributed by atoms with Crippen LogP contribution in [0, 0.1) is 23.7 Å². The number of aromatic nitrogens is 2. The summed E-state index contributed by atoms with van der Waals surface area (Å²) in [6.07, 6.45) is 1.74. The number of carbonyl (C=O) groups excluding carboxylic acids is 12. The van der Waals surface area contributed by atoms with E-state index in [-0.39, 0.29) is 95.2 Å². The van der Waals surface area contributed by atoms with Crippen molar-refractivity contribution >= 4 is 88.8 Å². The Morgan fingerprint density at radius 1 is 0.574 bits per heavy atom. The van der Waals surface area contributed by atoms with Crippen LogP contribution in [0.1, 0.15) is 137 Å². The average Bonchev–Trinajstić information content (AvgIpc) is 1.76. The van der Waals surface area contributed by atoms with E-state index in [1.54, 1.807) is 85.7 Å². The van der Waals surface area contributed by atoms with E-state index in [0.29, 0.717) is 24.1 Å². The molecule has 0 spiro atoms. The van der Waals surface area contributed by atoms with E-state index in [0.717, 1.165) is 4.90 Å². The number of rotatable bonds is 45. The van der Waals surface area contributed by atoms with Gasteiger partial charge in [-0.15, -0.1) is 0 Å². The van der Waals surface area contributed by atoms with Gasteiger partial charge in [-0.05, 0) is 93.6 Å². The number of aromatic amines is 1. The number of carboxylic acids is 2. The zero-order chi connectivity index (χ0) is 75.8. The molecule has 2 heterocycles. The number of aliphatic hydroxyl groups excluding tert-OH is 1. The smallest absolute Gasteiger partial charge is 0.326 e. The number of aliphatic carboxylic acids is 2. The largest absolute Gasteiger partial charge is 0.481 e. The van der Waals surface area contributed by atoms with Crippen molar-refractivity contribution in [2.75, 3.05) is 26.2 Å². The Balaban J connectivity index is 1.89. The van der Waals surface area contributed by atoms with Crippen molar-refractivity contribution in [2.45, 2.75) is 211 Å². The van der Waals surface area contributed by atoms with Gasteiger partial charge < -0.3 is 107 Å². The maximum absolute atomic E-state index is 14.7. The molecular formula is C65H105N19O17. The highest BCUT2D eigenvalue weighted by Gasteiger charge is 2.42. The van der Waals surface area contributed by atoms with Gasteiger partial charge in [0.25, 0.3) is 0 Å². The molecule has 1 saturated heterocycles. The molecule has 0 aliphatic carbocycles. The van der Waals surface area contributed by atoms with Crippen LogP contribution in [0.25, 0.3) is 0 Å². The van der Waals surface area contributed by atoms with Crippen LogP contribution in [0.5, 0.6) is 0 Å². The number of primary amides is 1. The zero-order valence-electron chi connectivity index (χ0n) is 58.6. The molecule has 0 unspecified atom stereocenters. The summed E-state index contributed by atoms with van der Waals surface area (Å²) in [4.78, 5) is 204. The second-order valence-corrected chi connectivity index (χ2v) is 26.5. The van der Waals surface area contributed by atoms with Crippen LogP contribution >= 0.6 is 0 Å². The Kier molecular flexibility index (Phi) is 36.3. The standard InChI is InChI=1S/C65H105N19O17/c1-33(2)24-41(55(91)76-42(25-34(3)4)56(92)81-47(31-85)59(95)80-46(64(100)101)27-38-30-71-32-73-38)75-54(90)40(19-12-13-21-66)74-57(93)43(26-37-16-10-9-11-17-37)77-58(94)44(28-49(68)86)78-61(97)52(36(7)8)83-60(96)48-20-15-23-84(48)63(99)45(29-50(87)88)79-62(98)51(35(5)6)82-53(89)39(67)18-14-22-72-65(69)70/h9-11,16-17,30,32-36,39-48,51-52,85H,12-15,18-29,31,66-67H2,1-8H3,(H2,68,86)(H,71,73)(H,74,93)(H,75,90)(H,76,91)(H,77,94)(H,78,97)(H,79,98)(H,80,95)(H,81,92)(H,82,89)(H,83,96)(H,87,88)(H,100,101)(H4,69,70,72)/t39-,40-,41-,42-,43-,44-,45-,46-,47-,48-,51-,52-/m0/s1. The van der Waals surface area contributed by atoms with Crippen molar-refractivity contribution in [1.82, 2.24) is 68.0 Å². The maximum atomic E-state index is 14.7. The molecule has 1 aromatic heterocycles. The molecule has 12 amide bonds. The lowest BCUT2D eigenvalue weighted by Gasteiger charge is -2.31. The van der Waals surface area contributed by atoms with Gasteiger partial charge in [0.1, 0.15) is 66.5 Å². The number of unbranched alkanes of at least 4 members (excludes halogenated alkanes) is 1. The van der Waals surface area contributed by atoms with E-state index in [9.17, 15) is 82.4 Å². The summed E-state index contributed by atoms with van der Waals surface area (Å²) in [7, 11) is 0. The number of guanidine groups is 1. The Hall–Kier alpha value is -9.84. The number of likely N-dealkylation sites (tertiary alicyclic amines) is 1. The molecule has 1 aliphatic heterocycles. The maximum Gasteiger partial charge on any atom is 0.326 e. The topological polar surface area (TPSA) is 594 Å². The summed E-state index contributed by atoms with van der Waals surface area (Å²) in [5.74, 6) is -16.2. The first-order chi connectivity index (χ1) is 47.6. The van der Waals surface area contributed by atoms with Crippen LogP contribution in [0.4, 0.5) is 0 Å². The molecule has 101 heavy (non-hydrogen) atoms. The second kappa shape index (κ2) is 43.0. The quantitative estimate of drug-likeness (QED) is 0.0168. The van der Waals surface area contributed by atoms with Crippen molar-refractivity contribution in [1.29, 1.82) is 0 Å². The highest BCUT2D eigenvalue weighted by Crippen LogP contribution is 2.21. The number of H-pyrrole nitrogens is 1. The zero-order valence-corrected chi connectivity index (χ0v) is 58.6. The molecule has 24 N–H and O–H groups in total. The van der Waals surface area contributed by atoms with Crippen LogP contribution in [0.2, 0.25) is 0 Å². The molecule has 2 aromatic rings. The summed E-state index contributed by atoms with van der Waals surface area (Å²) in [5.41, 5.74) is 29.1. The molecule has 36 nitrogen and oxygen atoms in total. The number of nitrogens with zero attached hydrogens (tertiary/aromatic N) is 3. The lowest BCUT2D eigenvalue weighted by Crippen LogP contribution is -2.62. The molecule has 1 fully saturated rings. The predicted molar refractivity (Wildman–Crippen MR) is 367 cm³/mol. The molecule has 36 heteroatoms. The van der Waals surface area contributed by atoms with Gasteiger partial charge in [0.05, 0.1) is 31.8 Å². The van der Waals surface area contributed by atoms with Crippen molar-refractivity contribution in [3.8, 4) is 0 Å². The third-order valence-electron chi connectivity index (χ3n) is 16.3. The minimum atomic E-state index is -1.81. The lowest BCUT2D eigenvalue weighted by atomic mass is 9.99. The van der Waals surface area contributed by atoms with Crippen molar-refractivity contribution < 1.29 is 82.4 Å². The Labute approximate surface area is 586 Å². The highest BCUT2D eigenvalue weighted by atomic mass is 16.4. The van der Waals surface area contributed by atoms with Gasteiger partial charge in [0.2, 0.25) is 70.9 Å². The second-order valence-electron chi connectivity index (χ2n) is 26.5. The van der Waals surface area contributed by atoms with Crippen molar-refractivity contribution in [3.63, 3.8) is 0 Å². The molecule has 0 radical (unpaired) electrons. The fraction of sp³-hybridized carbons (Fsp3) is 0.631. The number of benzene rings is 1. The molecule has 12 atom stereocenters. The SMILES string of the molecule is CC(C)C[C@H](NC(=O)[C@H](CC(C)C)NC(=O)[C@H](CCCCN)NC(=O)[C@H](Cc1ccccc1)NC(=O)[C@H](CC(N)=O)NC(=O)[C@@H](NC(=O)[C@@H]1CCCN1C(=O)[C@H](CC(=O)O)NC(=O)[C@@H](NC(=O)[C@@H](N)CCCN=C(N)N)C(C)C)C(C)C)C(=O)N[C@@H](CO)C(=O)N[C@@H](Cc1cnc[nH]1)C(=O)O. The highest BCUT2D eigenvalue weighted by molar-refractivity contribution is 6.01. The molecule has 1 aromatic carbocycles. The predicted octanol–water partition coefficient (Wildman–Crippen LogP) is -4.62. The number of nitrogens with two attached hydrogens (primary N) is 5. The van der Waals surface area contributed by atoms with Gasteiger partial charge in [-0.1, -0.05) is 85.7 Å². The van der Waals surface area contributed by atoms with E-state index in [2.05, 4.69) is 68.1 Å². The third-order valence-corrected chi connectivity index (χ3v) is 16.3. The monoisotopic (exact) mass is 1420 g/mol. The van der Waals surface area contributed by atoms with Crippen LogP contribution < -0.4 is 81.8 Å². The number of amides is 12. The molecule has 1 aliphatic rings. The first kappa shape index (κ1) is 85.4. The van der Waals surface area contributed by atoms with E-state index in [1.165, 1.54) is 12.5 Å². The summed E-state index contributed by atoms with van der Waals surface area (Å²) in [6, 6.07) is -9.31. The van der Waals surface area contributed by atoms with Gasteiger partial charge in [-0.3, -0.25) is 67.3 Å². The molecule has 3 rings (SSSR count). The summed E-state index contributed by atoms with van der Waals surface area (Å²) in [5, 5.41) is 55.2. The van der Waals surface area contributed by atoms with Crippen LogP contribution in [-0.2, 0) is 80.0 Å². The Bertz CT molecular complexity index is 3150. The van der Waals surface area contributed by atoms with Gasteiger partial charge in [-0.2, -0.15) is 0 Å². The number of carbonyl (C=O) groups is 14. The number of imidazole rings is 1. The Morgan fingerprint density at radius 2 is 1.08 bits per heavy atom. The normalized spacial score (nSPS) is 16.1. The van der Waals surface area contributed by atoms with Gasteiger partial charge in [-0.25, -0.2) is 9.78 Å². The van der Waals surface area contributed by atoms with Crippen LogP contribution in [0.3, 0.4) is 0 Å². The number of carboxylic acid groups (broad SMARTS) is 2. The Morgan fingerprint density at radius 3 is 1.59 bits per heavy atom. The molecule has 562 valence electrons. The van der Waals surface area contributed by atoms with Gasteiger partial charge in [0.15, 0.2) is 5.96 Å². The fourth-order valence-electron chi connectivity index (χ4n) is 10.9. The number of aliphatic hydroxyl groups is 1. The van der Waals surface area contributed by atoms with Crippen molar-refractivity contribution in [2.24, 2.45) is 57.3 Å². The summed E-state index contributed by atoms with van der Waals surface area (Å²) < 4.78 is 0. The van der Waals surface area contributed by atoms with E-state index in [1.807, 2.05) is 0 Å². The van der Waals surface area contributed by atoms with E-state index >= 15 is 0 Å². The van der Waals surface area contributed by atoms with Gasteiger partial charge in [0, 0.05) is 37.8 Å². The summed E-state index contributed by atoms with van der Waals surface area (Å²) >= 11 is 0. The molecule has 0 saturated carbocycles. The number of hydrogen-bond donors (Lipinski definition) is 19. The summed E-state index contributed by atoms with van der Waals surface area (Å²) in [6.45, 7) is 12.6.